The molecule has 1 saturated carbocycles. The summed E-state index contributed by atoms with van der Waals surface area (Å²) in [6, 6.07) is 4.30. The molecule has 2 rings (SSSR count). The van der Waals surface area contributed by atoms with E-state index in [0.29, 0.717) is 12.6 Å². The molecule has 2 heteroatoms. The van der Waals surface area contributed by atoms with Gasteiger partial charge in [0.1, 0.15) is 5.75 Å². The Morgan fingerprint density at radius 1 is 1.06 bits per heavy atom. The standard InChI is InChI=1S/C16H25NO/c1-12-9-14(11-17)10-13(2)16(12)18-15-7-5-3-4-6-8-15/h9-10,15H,3-8,11,17H2,1-2H3. The van der Waals surface area contributed by atoms with E-state index in [1.54, 1.807) is 0 Å². The maximum atomic E-state index is 6.26. The first-order chi connectivity index (χ1) is 8.70. The molecule has 100 valence electrons. The summed E-state index contributed by atoms with van der Waals surface area (Å²) in [5.74, 6) is 1.08. The highest BCUT2D eigenvalue weighted by Crippen LogP contribution is 2.29. The van der Waals surface area contributed by atoms with E-state index in [1.165, 1.54) is 55.2 Å². The second-order valence-corrected chi connectivity index (χ2v) is 5.49. The first-order valence-electron chi connectivity index (χ1n) is 7.17. The highest BCUT2D eigenvalue weighted by molar-refractivity contribution is 5.43. The van der Waals surface area contributed by atoms with Crippen LogP contribution in [0.15, 0.2) is 12.1 Å². The van der Waals surface area contributed by atoms with Gasteiger partial charge < -0.3 is 10.5 Å². The number of ether oxygens (including phenoxy) is 1. The van der Waals surface area contributed by atoms with E-state index in [4.69, 9.17) is 10.5 Å². The van der Waals surface area contributed by atoms with Gasteiger partial charge in [0.2, 0.25) is 0 Å². The lowest BCUT2D eigenvalue weighted by molar-refractivity contribution is 0.181. The van der Waals surface area contributed by atoms with Crippen molar-refractivity contribution in [2.75, 3.05) is 0 Å². The molecular formula is C16H25NO. The number of hydrogen-bond donors (Lipinski definition) is 1. The van der Waals surface area contributed by atoms with Crippen LogP contribution >= 0.6 is 0 Å². The lowest BCUT2D eigenvalue weighted by Gasteiger charge is -2.21. The zero-order valence-electron chi connectivity index (χ0n) is 11.7. The van der Waals surface area contributed by atoms with Crippen molar-refractivity contribution in [3.63, 3.8) is 0 Å². The molecule has 1 aromatic rings. The van der Waals surface area contributed by atoms with Crippen molar-refractivity contribution in [2.45, 2.75) is 65.0 Å². The largest absolute Gasteiger partial charge is 0.490 e. The Hall–Kier alpha value is -1.02. The highest BCUT2D eigenvalue weighted by Gasteiger charge is 2.16. The third-order valence-corrected chi connectivity index (χ3v) is 3.84. The summed E-state index contributed by atoms with van der Waals surface area (Å²) < 4.78 is 6.26. The lowest BCUT2D eigenvalue weighted by Crippen LogP contribution is -2.16. The predicted molar refractivity (Wildman–Crippen MR) is 75.9 cm³/mol. The smallest absolute Gasteiger partial charge is 0.125 e. The fraction of sp³-hybridized carbons (Fsp3) is 0.625. The molecule has 0 heterocycles. The van der Waals surface area contributed by atoms with Gasteiger partial charge in [-0.1, -0.05) is 25.0 Å². The van der Waals surface area contributed by atoms with Crippen molar-refractivity contribution >= 4 is 0 Å². The Labute approximate surface area is 111 Å². The molecule has 1 aromatic carbocycles. The molecule has 0 unspecified atom stereocenters. The summed E-state index contributed by atoms with van der Waals surface area (Å²) in [5.41, 5.74) is 9.34. The van der Waals surface area contributed by atoms with Gasteiger partial charge in [-0.05, 0) is 56.2 Å². The van der Waals surface area contributed by atoms with E-state index < -0.39 is 0 Å². The first kappa shape index (κ1) is 13.4. The van der Waals surface area contributed by atoms with Crippen LogP contribution in [0.25, 0.3) is 0 Å². The molecular weight excluding hydrogens is 222 g/mol. The van der Waals surface area contributed by atoms with Crippen LogP contribution < -0.4 is 10.5 Å². The predicted octanol–water partition coefficient (Wildman–Crippen LogP) is 3.86. The van der Waals surface area contributed by atoms with Crippen LogP contribution in [0.4, 0.5) is 0 Å². The average Bonchev–Trinajstić information content (AvgIpc) is 2.62. The molecule has 1 aliphatic rings. The van der Waals surface area contributed by atoms with E-state index >= 15 is 0 Å². The minimum atomic E-state index is 0.411. The zero-order chi connectivity index (χ0) is 13.0. The van der Waals surface area contributed by atoms with Crippen molar-refractivity contribution < 1.29 is 4.74 Å². The van der Waals surface area contributed by atoms with Crippen LogP contribution in [0, 0.1) is 13.8 Å². The van der Waals surface area contributed by atoms with Gasteiger partial charge in [-0.2, -0.15) is 0 Å². The summed E-state index contributed by atoms with van der Waals surface area (Å²) >= 11 is 0. The summed E-state index contributed by atoms with van der Waals surface area (Å²) in [4.78, 5) is 0. The van der Waals surface area contributed by atoms with E-state index in [9.17, 15) is 0 Å². The van der Waals surface area contributed by atoms with E-state index in [2.05, 4.69) is 26.0 Å². The van der Waals surface area contributed by atoms with E-state index in [-0.39, 0.29) is 0 Å². The molecule has 2 N–H and O–H groups in total. The molecule has 0 radical (unpaired) electrons. The molecule has 0 atom stereocenters. The maximum absolute atomic E-state index is 6.26. The number of aryl methyl sites for hydroxylation is 2. The molecule has 0 saturated heterocycles. The Kier molecular flexibility index (Phi) is 4.65. The summed E-state index contributed by atoms with van der Waals surface area (Å²) in [6.07, 6.45) is 8.17. The van der Waals surface area contributed by atoms with Gasteiger partial charge >= 0.3 is 0 Å². The SMILES string of the molecule is Cc1cc(CN)cc(C)c1OC1CCCCCC1. The van der Waals surface area contributed by atoms with Gasteiger partial charge in [-0.15, -0.1) is 0 Å². The summed E-state index contributed by atoms with van der Waals surface area (Å²) in [5, 5.41) is 0. The molecule has 18 heavy (non-hydrogen) atoms. The normalized spacial score (nSPS) is 17.5. The van der Waals surface area contributed by atoms with Gasteiger partial charge in [0.05, 0.1) is 6.10 Å². The van der Waals surface area contributed by atoms with E-state index in [0.717, 1.165) is 5.75 Å². The van der Waals surface area contributed by atoms with Crippen molar-refractivity contribution in [3.8, 4) is 5.75 Å². The third kappa shape index (κ3) is 3.26. The van der Waals surface area contributed by atoms with Crippen LogP contribution in [0.1, 0.15) is 55.2 Å². The topological polar surface area (TPSA) is 35.2 Å². The highest BCUT2D eigenvalue weighted by atomic mass is 16.5. The van der Waals surface area contributed by atoms with Crippen LogP contribution in [-0.2, 0) is 6.54 Å². The molecule has 0 amide bonds. The van der Waals surface area contributed by atoms with E-state index in [1.807, 2.05) is 0 Å². The molecule has 0 aromatic heterocycles. The zero-order valence-corrected chi connectivity index (χ0v) is 11.7. The van der Waals surface area contributed by atoms with Crippen molar-refractivity contribution in [1.82, 2.24) is 0 Å². The van der Waals surface area contributed by atoms with Gasteiger partial charge in [0, 0.05) is 6.54 Å². The number of rotatable bonds is 3. The molecule has 2 nitrogen and oxygen atoms in total. The van der Waals surface area contributed by atoms with Crippen molar-refractivity contribution in [3.05, 3.63) is 28.8 Å². The van der Waals surface area contributed by atoms with Crippen LogP contribution in [0.3, 0.4) is 0 Å². The number of benzene rings is 1. The third-order valence-electron chi connectivity index (χ3n) is 3.84. The van der Waals surface area contributed by atoms with Gasteiger partial charge in [0.25, 0.3) is 0 Å². The lowest BCUT2D eigenvalue weighted by atomic mass is 10.0. The molecule has 0 spiro atoms. The van der Waals surface area contributed by atoms with Crippen LogP contribution in [0.2, 0.25) is 0 Å². The van der Waals surface area contributed by atoms with Gasteiger partial charge in [0.15, 0.2) is 0 Å². The quantitative estimate of drug-likeness (QED) is 0.823. The molecule has 0 aliphatic heterocycles. The van der Waals surface area contributed by atoms with Gasteiger partial charge in [-0.3, -0.25) is 0 Å². The maximum Gasteiger partial charge on any atom is 0.125 e. The van der Waals surface area contributed by atoms with Crippen molar-refractivity contribution in [1.29, 1.82) is 0 Å². The Morgan fingerprint density at radius 2 is 1.61 bits per heavy atom. The minimum Gasteiger partial charge on any atom is -0.490 e. The number of nitrogens with two attached hydrogens (primary N) is 1. The van der Waals surface area contributed by atoms with Gasteiger partial charge in [-0.25, -0.2) is 0 Å². The fourth-order valence-corrected chi connectivity index (χ4v) is 2.87. The molecule has 1 fully saturated rings. The van der Waals surface area contributed by atoms with Crippen LogP contribution in [0.5, 0.6) is 5.75 Å². The number of hydrogen-bond acceptors (Lipinski definition) is 2. The minimum absolute atomic E-state index is 0.411. The first-order valence-corrected chi connectivity index (χ1v) is 7.17. The average molecular weight is 247 g/mol. The van der Waals surface area contributed by atoms with Crippen LogP contribution in [-0.4, -0.2) is 6.10 Å². The molecule has 1 aliphatic carbocycles. The Morgan fingerprint density at radius 3 is 2.11 bits per heavy atom. The van der Waals surface area contributed by atoms with Crippen molar-refractivity contribution in [2.24, 2.45) is 5.73 Å². The fourth-order valence-electron chi connectivity index (χ4n) is 2.87. The second-order valence-electron chi connectivity index (χ2n) is 5.49. The second kappa shape index (κ2) is 6.24. The Balaban J connectivity index is 2.12. The molecule has 0 bridgehead atoms. The summed E-state index contributed by atoms with van der Waals surface area (Å²) in [7, 11) is 0. The monoisotopic (exact) mass is 247 g/mol. The summed E-state index contributed by atoms with van der Waals surface area (Å²) in [6.45, 7) is 4.85. The Bertz CT molecular complexity index is 369.